The summed E-state index contributed by atoms with van der Waals surface area (Å²) in [6.07, 6.45) is 1.22. The molecule has 5 heteroatoms. The lowest BCUT2D eigenvalue weighted by Gasteiger charge is -2.38. The van der Waals surface area contributed by atoms with Crippen LogP contribution < -0.4 is 5.32 Å². The second kappa shape index (κ2) is 6.68. The van der Waals surface area contributed by atoms with Crippen LogP contribution in [0.4, 0.5) is 0 Å². The quantitative estimate of drug-likeness (QED) is 0.708. The fourth-order valence-electron chi connectivity index (χ4n) is 4.18. The van der Waals surface area contributed by atoms with Crippen LogP contribution in [-0.4, -0.2) is 5.78 Å². The van der Waals surface area contributed by atoms with Gasteiger partial charge >= 0.3 is 0 Å². The summed E-state index contributed by atoms with van der Waals surface area (Å²) >= 11 is 6.30. The summed E-state index contributed by atoms with van der Waals surface area (Å²) in [5.74, 6) is 0.800. The first-order chi connectivity index (χ1) is 13.3. The van der Waals surface area contributed by atoms with Crippen molar-refractivity contribution in [3.63, 3.8) is 0 Å². The monoisotopic (exact) mass is 392 g/mol. The third-order valence-corrected chi connectivity index (χ3v) is 5.74. The Morgan fingerprint density at radius 2 is 1.96 bits per heavy atom. The molecular weight excluding hydrogens is 372 g/mol. The molecule has 0 unspecified atom stereocenters. The zero-order valence-corrected chi connectivity index (χ0v) is 16.9. The van der Waals surface area contributed by atoms with E-state index < -0.39 is 5.92 Å². The Bertz CT molecular complexity index is 1080. The van der Waals surface area contributed by atoms with Gasteiger partial charge in [-0.05, 0) is 43.0 Å². The molecule has 0 fully saturated rings. The summed E-state index contributed by atoms with van der Waals surface area (Å²) < 4.78 is 6.14. The highest BCUT2D eigenvalue weighted by Gasteiger charge is 2.42. The van der Waals surface area contributed by atoms with E-state index in [-0.39, 0.29) is 11.2 Å². The van der Waals surface area contributed by atoms with Crippen LogP contribution in [0.3, 0.4) is 0 Å². The maximum absolute atomic E-state index is 13.0. The van der Waals surface area contributed by atoms with Gasteiger partial charge in [-0.25, -0.2) is 0 Å². The number of allylic oxidation sites excluding steroid dienone is 4. The molecule has 1 N–H and O–H groups in total. The topological polar surface area (TPSA) is 66.0 Å². The highest BCUT2D eigenvalue weighted by atomic mass is 35.5. The van der Waals surface area contributed by atoms with Crippen molar-refractivity contribution in [1.82, 2.24) is 5.32 Å². The molecule has 2 aromatic rings. The van der Waals surface area contributed by atoms with Gasteiger partial charge in [0.25, 0.3) is 0 Å². The molecule has 1 atom stereocenters. The Kier molecular flexibility index (Phi) is 4.44. The van der Waals surface area contributed by atoms with E-state index in [1.54, 1.807) is 0 Å². The van der Waals surface area contributed by atoms with Crippen LogP contribution in [0.15, 0.2) is 63.4 Å². The number of hydrogen-bond acceptors (Lipinski definition) is 4. The molecule has 2 aliphatic rings. The number of halogens is 1. The minimum atomic E-state index is -0.485. The average molecular weight is 393 g/mol. The molecule has 0 bridgehead atoms. The molecule has 28 heavy (non-hydrogen) atoms. The van der Waals surface area contributed by atoms with Gasteiger partial charge in [0.2, 0.25) is 0 Å². The summed E-state index contributed by atoms with van der Waals surface area (Å²) in [5.41, 5.74) is 3.53. The largest absolute Gasteiger partial charge is 0.460 e. The zero-order valence-electron chi connectivity index (χ0n) is 16.1. The van der Waals surface area contributed by atoms with Gasteiger partial charge in [-0.2, -0.15) is 5.26 Å². The van der Waals surface area contributed by atoms with Crippen molar-refractivity contribution in [3.05, 3.63) is 69.7 Å². The van der Waals surface area contributed by atoms with E-state index in [1.165, 1.54) is 0 Å². The highest BCUT2D eigenvalue weighted by Crippen LogP contribution is 2.47. The van der Waals surface area contributed by atoms with E-state index >= 15 is 0 Å². The molecule has 2 heterocycles. The van der Waals surface area contributed by atoms with Gasteiger partial charge < -0.3 is 9.73 Å². The van der Waals surface area contributed by atoms with Crippen LogP contribution in [0.25, 0.3) is 11.3 Å². The maximum atomic E-state index is 13.0. The van der Waals surface area contributed by atoms with Crippen molar-refractivity contribution < 1.29 is 9.21 Å². The molecule has 4 rings (SSSR count). The average Bonchev–Trinajstić information content (AvgIpc) is 3.09. The minimum Gasteiger partial charge on any atom is -0.460 e. The van der Waals surface area contributed by atoms with Crippen molar-refractivity contribution in [1.29, 1.82) is 5.26 Å². The van der Waals surface area contributed by atoms with Crippen molar-refractivity contribution in [2.45, 2.75) is 39.5 Å². The van der Waals surface area contributed by atoms with E-state index in [0.29, 0.717) is 34.1 Å². The summed E-state index contributed by atoms with van der Waals surface area (Å²) in [5, 5.41) is 13.7. The Morgan fingerprint density at radius 1 is 1.21 bits per heavy atom. The molecule has 4 nitrogen and oxygen atoms in total. The van der Waals surface area contributed by atoms with E-state index in [4.69, 9.17) is 16.0 Å². The SMILES string of the molecule is CC1=C(C#N)[C@@H](c2ccc(-c3ccccc3Cl)o2)C2=C(CC(C)(C)CC2=O)N1. The number of carbonyl (C=O) groups is 1. The second-order valence-electron chi connectivity index (χ2n) is 8.22. The molecule has 0 radical (unpaired) electrons. The second-order valence-corrected chi connectivity index (χ2v) is 8.63. The standard InChI is InChI=1S/C23H21ClN2O2/c1-13-15(12-25)21(22-17(26-13)10-23(2,3)11-18(22)27)20-9-8-19(28-20)14-6-4-5-7-16(14)24/h4-9,21,26H,10-11H2,1-3H3/t21-/m0/s1. The van der Waals surface area contributed by atoms with Crippen LogP contribution in [-0.2, 0) is 4.79 Å². The van der Waals surface area contributed by atoms with Crippen LogP contribution in [0, 0.1) is 16.7 Å². The first-order valence-electron chi connectivity index (χ1n) is 9.29. The Morgan fingerprint density at radius 3 is 2.68 bits per heavy atom. The maximum Gasteiger partial charge on any atom is 0.162 e. The molecule has 0 saturated heterocycles. The normalized spacial score (nSPS) is 21.2. The smallest absolute Gasteiger partial charge is 0.162 e. The lowest BCUT2D eigenvalue weighted by atomic mass is 9.70. The van der Waals surface area contributed by atoms with Crippen LogP contribution in [0.2, 0.25) is 5.02 Å². The third kappa shape index (κ3) is 3.06. The number of nitrogens with one attached hydrogen (secondary N) is 1. The van der Waals surface area contributed by atoms with Crippen molar-refractivity contribution in [3.8, 4) is 17.4 Å². The first-order valence-corrected chi connectivity index (χ1v) is 9.67. The number of Topliss-reactive ketones (excluding diaryl/α,β-unsaturated/α-hetero) is 1. The van der Waals surface area contributed by atoms with Gasteiger partial charge in [-0.1, -0.05) is 37.6 Å². The molecule has 142 valence electrons. The van der Waals surface area contributed by atoms with Crippen molar-refractivity contribution in [2.75, 3.05) is 0 Å². The van der Waals surface area contributed by atoms with Gasteiger partial charge in [-0.15, -0.1) is 0 Å². The van der Waals surface area contributed by atoms with Crippen LogP contribution >= 0.6 is 11.6 Å². The fourth-order valence-corrected chi connectivity index (χ4v) is 4.41. The lowest BCUT2D eigenvalue weighted by Crippen LogP contribution is -2.36. The van der Waals surface area contributed by atoms with Crippen LogP contribution in [0.1, 0.15) is 45.3 Å². The van der Waals surface area contributed by atoms with Gasteiger partial charge in [0.1, 0.15) is 11.5 Å². The minimum absolute atomic E-state index is 0.0692. The summed E-state index contributed by atoms with van der Waals surface area (Å²) in [7, 11) is 0. The molecule has 1 aromatic heterocycles. The fraction of sp³-hybridized carbons (Fsp3) is 0.304. The van der Waals surface area contributed by atoms with Crippen molar-refractivity contribution in [2.24, 2.45) is 5.41 Å². The van der Waals surface area contributed by atoms with Gasteiger partial charge in [-0.3, -0.25) is 4.79 Å². The summed E-state index contributed by atoms with van der Waals surface area (Å²) in [6.45, 7) is 6.05. The van der Waals surface area contributed by atoms with Crippen LogP contribution in [0.5, 0.6) is 0 Å². The number of ketones is 1. The number of nitrogens with zero attached hydrogens (tertiary/aromatic N) is 1. The number of rotatable bonds is 2. The van der Waals surface area contributed by atoms with Gasteiger partial charge in [0.05, 0.1) is 22.6 Å². The molecule has 1 aromatic carbocycles. The number of benzene rings is 1. The predicted molar refractivity (Wildman–Crippen MR) is 108 cm³/mol. The first kappa shape index (κ1) is 18.6. The molecule has 0 spiro atoms. The van der Waals surface area contributed by atoms with Gasteiger partial charge in [0.15, 0.2) is 5.78 Å². The Hall–Kier alpha value is -2.77. The molecular formula is C23H21ClN2O2. The van der Waals surface area contributed by atoms with E-state index in [9.17, 15) is 10.1 Å². The molecule has 1 aliphatic heterocycles. The lowest BCUT2D eigenvalue weighted by molar-refractivity contribution is -0.118. The zero-order chi connectivity index (χ0) is 20.1. The number of nitriles is 1. The molecule has 0 amide bonds. The Labute approximate surface area is 169 Å². The number of hydrogen-bond donors (Lipinski definition) is 1. The van der Waals surface area contributed by atoms with Gasteiger partial charge in [0, 0.05) is 29.0 Å². The van der Waals surface area contributed by atoms with E-state index in [0.717, 1.165) is 23.4 Å². The summed E-state index contributed by atoms with van der Waals surface area (Å²) in [4.78, 5) is 13.0. The Balaban J connectivity index is 1.84. The van der Waals surface area contributed by atoms with E-state index in [1.807, 2.05) is 43.3 Å². The molecule has 1 aliphatic carbocycles. The third-order valence-electron chi connectivity index (χ3n) is 5.41. The summed E-state index contributed by atoms with van der Waals surface area (Å²) in [6, 6.07) is 13.4. The number of dihydropyridines is 1. The van der Waals surface area contributed by atoms with E-state index in [2.05, 4.69) is 25.2 Å². The predicted octanol–water partition coefficient (Wildman–Crippen LogP) is 5.73. The number of carbonyl (C=O) groups excluding carboxylic acids is 1. The highest BCUT2D eigenvalue weighted by molar-refractivity contribution is 6.33. The molecule has 0 saturated carbocycles. The van der Waals surface area contributed by atoms with Crippen molar-refractivity contribution >= 4 is 17.4 Å². The number of furan rings is 1.